The molecule has 0 aromatic carbocycles. The van der Waals surface area contributed by atoms with Crippen molar-refractivity contribution < 1.29 is 4.74 Å². The standard InChI is InChI=1S/C20H35N5O.HI/c1-15-8-7-9-18(23-15)25-12-10-16(11-13-25)24-19(21-5)22-14-17(26-6)20(2,3)4;/h7-9,16-17H,10-14H2,1-6H3,(H2,21,22,24);1H. The number of nitrogens with zero attached hydrogens (tertiary/aromatic N) is 3. The van der Waals surface area contributed by atoms with Gasteiger partial charge >= 0.3 is 0 Å². The summed E-state index contributed by atoms with van der Waals surface area (Å²) < 4.78 is 5.61. The minimum atomic E-state index is 0. The topological polar surface area (TPSA) is 61.8 Å². The van der Waals surface area contributed by atoms with Gasteiger partial charge in [0.2, 0.25) is 0 Å². The van der Waals surface area contributed by atoms with Gasteiger partial charge in [0, 0.05) is 45.5 Å². The van der Waals surface area contributed by atoms with Gasteiger partial charge in [-0.15, -0.1) is 24.0 Å². The molecule has 6 nitrogen and oxygen atoms in total. The van der Waals surface area contributed by atoms with Crippen molar-refractivity contribution in [2.75, 3.05) is 38.7 Å². The van der Waals surface area contributed by atoms with Crippen LogP contribution >= 0.6 is 24.0 Å². The van der Waals surface area contributed by atoms with Crippen molar-refractivity contribution >= 4 is 35.8 Å². The van der Waals surface area contributed by atoms with Gasteiger partial charge in [0.15, 0.2) is 5.96 Å². The Morgan fingerprint density at radius 3 is 2.52 bits per heavy atom. The molecule has 2 rings (SSSR count). The van der Waals surface area contributed by atoms with E-state index in [2.05, 4.69) is 58.4 Å². The van der Waals surface area contributed by atoms with E-state index in [0.29, 0.717) is 6.04 Å². The van der Waals surface area contributed by atoms with Gasteiger partial charge in [-0.1, -0.05) is 26.8 Å². The molecule has 7 heteroatoms. The molecular weight excluding hydrogens is 453 g/mol. The van der Waals surface area contributed by atoms with Crippen LogP contribution < -0.4 is 15.5 Å². The second-order valence-electron chi connectivity index (χ2n) is 8.09. The molecule has 0 amide bonds. The van der Waals surface area contributed by atoms with Gasteiger partial charge in [-0.25, -0.2) is 4.98 Å². The Kier molecular flexibility index (Phi) is 9.80. The van der Waals surface area contributed by atoms with E-state index in [9.17, 15) is 0 Å². The molecule has 0 spiro atoms. The first-order valence-corrected chi connectivity index (χ1v) is 9.52. The Morgan fingerprint density at radius 2 is 2.00 bits per heavy atom. The van der Waals surface area contributed by atoms with E-state index in [1.165, 1.54) is 0 Å². The van der Waals surface area contributed by atoms with Crippen LogP contribution in [0.3, 0.4) is 0 Å². The van der Waals surface area contributed by atoms with Crippen molar-refractivity contribution in [1.82, 2.24) is 15.6 Å². The number of methoxy groups -OCH3 is 1. The van der Waals surface area contributed by atoms with E-state index in [1.807, 2.05) is 20.0 Å². The van der Waals surface area contributed by atoms with E-state index < -0.39 is 0 Å². The zero-order valence-electron chi connectivity index (χ0n) is 17.6. The Morgan fingerprint density at radius 1 is 1.33 bits per heavy atom. The summed E-state index contributed by atoms with van der Waals surface area (Å²) in [4.78, 5) is 11.4. The second kappa shape index (κ2) is 11.0. The molecule has 2 N–H and O–H groups in total. The van der Waals surface area contributed by atoms with Crippen LogP contribution in [0.15, 0.2) is 23.2 Å². The first kappa shape index (κ1) is 23.9. The average Bonchev–Trinajstić information content (AvgIpc) is 2.60. The Balaban J connectivity index is 0.00000364. The number of nitrogens with one attached hydrogen (secondary N) is 2. The molecule has 1 unspecified atom stereocenters. The van der Waals surface area contributed by atoms with Gasteiger partial charge in [-0.2, -0.15) is 0 Å². The summed E-state index contributed by atoms with van der Waals surface area (Å²) in [5.74, 6) is 1.93. The van der Waals surface area contributed by atoms with E-state index in [4.69, 9.17) is 4.74 Å². The smallest absolute Gasteiger partial charge is 0.191 e. The Bertz CT molecular complexity index is 594. The molecule has 0 aliphatic carbocycles. The van der Waals surface area contributed by atoms with Crippen molar-refractivity contribution in [3.8, 4) is 0 Å². The molecule has 1 aliphatic rings. The summed E-state index contributed by atoms with van der Waals surface area (Å²) in [6.07, 6.45) is 2.28. The molecular formula is C20H36IN5O. The molecule has 1 saturated heterocycles. The van der Waals surface area contributed by atoms with Crippen molar-refractivity contribution in [2.45, 2.75) is 52.7 Å². The number of aryl methyl sites for hydroxylation is 1. The number of halogens is 1. The van der Waals surface area contributed by atoms with Crippen molar-refractivity contribution in [3.63, 3.8) is 0 Å². The highest BCUT2D eigenvalue weighted by Gasteiger charge is 2.25. The lowest BCUT2D eigenvalue weighted by Gasteiger charge is -2.34. The SMILES string of the molecule is CN=C(NCC(OC)C(C)(C)C)NC1CCN(c2cccc(C)n2)CC1.I. The Labute approximate surface area is 181 Å². The highest BCUT2D eigenvalue weighted by atomic mass is 127. The average molecular weight is 489 g/mol. The first-order chi connectivity index (χ1) is 12.3. The molecule has 0 bridgehead atoms. The Hall–Kier alpha value is -1.09. The first-order valence-electron chi connectivity index (χ1n) is 9.52. The third-order valence-corrected chi connectivity index (χ3v) is 4.96. The van der Waals surface area contributed by atoms with Gasteiger partial charge < -0.3 is 20.3 Å². The number of ether oxygens (including phenoxy) is 1. The fraction of sp³-hybridized carbons (Fsp3) is 0.700. The maximum absolute atomic E-state index is 5.61. The molecule has 2 heterocycles. The van der Waals surface area contributed by atoms with Crippen molar-refractivity contribution in [3.05, 3.63) is 23.9 Å². The zero-order chi connectivity index (χ0) is 19.2. The summed E-state index contributed by atoms with van der Waals surface area (Å²) in [6.45, 7) is 11.4. The van der Waals surface area contributed by atoms with Crippen LogP contribution in [0.4, 0.5) is 5.82 Å². The van der Waals surface area contributed by atoms with Gasteiger partial charge in [-0.05, 0) is 37.3 Å². The highest BCUT2D eigenvalue weighted by Crippen LogP contribution is 2.21. The van der Waals surface area contributed by atoms with E-state index in [-0.39, 0.29) is 35.5 Å². The normalized spacial score (nSPS) is 17.3. The van der Waals surface area contributed by atoms with E-state index in [0.717, 1.165) is 49.9 Å². The summed E-state index contributed by atoms with van der Waals surface area (Å²) in [5.41, 5.74) is 1.16. The number of aliphatic imine (C=N–C) groups is 1. The number of hydrogen-bond donors (Lipinski definition) is 2. The predicted octanol–water partition coefficient (Wildman–Crippen LogP) is 3.20. The molecule has 1 aliphatic heterocycles. The predicted molar refractivity (Wildman–Crippen MR) is 124 cm³/mol. The summed E-state index contributed by atoms with van der Waals surface area (Å²) in [5, 5.41) is 6.97. The minimum absolute atomic E-state index is 0. The lowest BCUT2D eigenvalue weighted by molar-refractivity contribution is 0.0205. The van der Waals surface area contributed by atoms with Crippen molar-refractivity contribution in [2.24, 2.45) is 10.4 Å². The quantitative estimate of drug-likeness (QED) is 0.378. The molecule has 0 radical (unpaired) electrons. The van der Waals surface area contributed by atoms with Gasteiger partial charge in [0.1, 0.15) is 5.82 Å². The fourth-order valence-corrected chi connectivity index (χ4v) is 3.28. The zero-order valence-corrected chi connectivity index (χ0v) is 19.9. The largest absolute Gasteiger partial charge is 0.379 e. The monoisotopic (exact) mass is 489 g/mol. The van der Waals surface area contributed by atoms with Crippen LogP contribution in [-0.4, -0.2) is 56.9 Å². The van der Waals surface area contributed by atoms with E-state index >= 15 is 0 Å². The third-order valence-electron chi connectivity index (χ3n) is 4.96. The van der Waals surface area contributed by atoms with Crippen molar-refractivity contribution in [1.29, 1.82) is 0 Å². The number of aromatic nitrogens is 1. The lowest BCUT2D eigenvalue weighted by Crippen LogP contribution is -2.51. The number of hydrogen-bond acceptors (Lipinski definition) is 4. The molecule has 0 saturated carbocycles. The molecule has 1 aromatic heterocycles. The van der Waals surface area contributed by atoms with Gasteiger partial charge in [0.25, 0.3) is 0 Å². The number of anilines is 1. The molecule has 1 atom stereocenters. The number of piperidine rings is 1. The molecule has 1 aromatic rings. The highest BCUT2D eigenvalue weighted by molar-refractivity contribution is 14.0. The second-order valence-corrected chi connectivity index (χ2v) is 8.09. The summed E-state index contributed by atoms with van der Waals surface area (Å²) in [6, 6.07) is 6.64. The minimum Gasteiger partial charge on any atom is -0.379 e. The summed E-state index contributed by atoms with van der Waals surface area (Å²) in [7, 11) is 3.59. The van der Waals surface area contributed by atoms with Crippen LogP contribution in [0.5, 0.6) is 0 Å². The maximum Gasteiger partial charge on any atom is 0.191 e. The summed E-state index contributed by atoms with van der Waals surface area (Å²) >= 11 is 0. The fourth-order valence-electron chi connectivity index (χ4n) is 3.28. The lowest BCUT2D eigenvalue weighted by atomic mass is 9.89. The number of rotatable bonds is 5. The molecule has 1 fully saturated rings. The number of guanidine groups is 1. The van der Waals surface area contributed by atoms with Crippen LogP contribution in [0, 0.1) is 12.3 Å². The van der Waals surface area contributed by atoms with E-state index in [1.54, 1.807) is 7.11 Å². The van der Waals surface area contributed by atoms with Crippen LogP contribution in [-0.2, 0) is 4.74 Å². The maximum atomic E-state index is 5.61. The van der Waals surface area contributed by atoms with Crippen LogP contribution in [0.25, 0.3) is 0 Å². The number of pyridine rings is 1. The van der Waals surface area contributed by atoms with Crippen LogP contribution in [0.1, 0.15) is 39.3 Å². The van der Waals surface area contributed by atoms with Gasteiger partial charge in [-0.3, -0.25) is 4.99 Å². The van der Waals surface area contributed by atoms with Crippen LogP contribution in [0.2, 0.25) is 0 Å². The molecule has 27 heavy (non-hydrogen) atoms. The van der Waals surface area contributed by atoms with Gasteiger partial charge in [0.05, 0.1) is 6.10 Å². The molecule has 154 valence electrons. The third kappa shape index (κ3) is 7.44.